The Hall–Kier alpha value is -2.93. The highest BCUT2D eigenvalue weighted by atomic mass is 19.3. The third-order valence-corrected chi connectivity index (χ3v) is 6.45. The second-order valence-corrected chi connectivity index (χ2v) is 8.24. The highest BCUT2D eigenvalue weighted by molar-refractivity contribution is 5.79. The minimum atomic E-state index is -3.34. The van der Waals surface area contributed by atoms with Crippen LogP contribution in [0.5, 0.6) is 0 Å². The Balaban J connectivity index is 1.72. The number of rotatable bonds is 2. The molecule has 0 spiro atoms. The molecular formula is C24H20F4N2O. The number of nitrogens with zero attached hydrogens (tertiary/aromatic N) is 1. The average Bonchev–Trinajstić information content (AvgIpc) is 2.98. The average molecular weight is 428 g/mol. The molecule has 3 aromatic rings. The van der Waals surface area contributed by atoms with Crippen LogP contribution < -0.4 is 5.73 Å². The number of aromatic nitrogens is 1. The van der Waals surface area contributed by atoms with Gasteiger partial charge < -0.3 is 10.8 Å². The van der Waals surface area contributed by atoms with Gasteiger partial charge in [-0.15, -0.1) is 0 Å². The molecule has 31 heavy (non-hydrogen) atoms. The molecule has 0 amide bonds. The molecule has 2 aromatic carbocycles. The number of aliphatic hydroxyl groups excluding tert-OH is 1. The maximum absolute atomic E-state index is 14.7. The quantitative estimate of drug-likeness (QED) is 0.520. The highest BCUT2D eigenvalue weighted by Crippen LogP contribution is 2.52. The molecule has 160 valence electrons. The second kappa shape index (κ2) is 7.05. The zero-order valence-electron chi connectivity index (χ0n) is 16.5. The normalized spacial score (nSPS) is 24.0. The van der Waals surface area contributed by atoms with Crippen molar-refractivity contribution >= 4 is 5.82 Å². The Morgan fingerprint density at radius 1 is 1.00 bits per heavy atom. The summed E-state index contributed by atoms with van der Waals surface area (Å²) in [5.41, 5.74) is 8.80. The van der Waals surface area contributed by atoms with E-state index >= 15 is 0 Å². The maximum atomic E-state index is 14.7. The molecule has 0 saturated heterocycles. The molecule has 5 rings (SSSR count). The van der Waals surface area contributed by atoms with Crippen molar-refractivity contribution in [1.29, 1.82) is 0 Å². The van der Waals surface area contributed by atoms with E-state index in [1.807, 2.05) is 0 Å². The summed E-state index contributed by atoms with van der Waals surface area (Å²) in [5.74, 6) is -4.06. The first-order valence-electron chi connectivity index (χ1n) is 10.1. The maximum Gasteiger partial charge on any atom is 0.281 e. The molecule has 7 heteroatoms. The van der Waals surface area contributed by atoms with Crippen LogP contribution in [0.15, 0.2) is 48.7 Å². The summed E-state index contributed by atoms with van der Waals surface area (Å²) in [6.45, 7) is 0. The van der Waals surface area contributed by atoms with E-state index in [-0.39, 0.29) is 29.3 Å². The summed E-state index contributed by atoms with van der Waals surface area (Å²) < 4.78 is 57.6. The lowest BCUT2D eigenvalue weighted by molar-refractivity contribution is -0.0966. The van der Waals surface area contributed by atoms with Crippen LogP contribution in [-0.4, -0.2) is 16.0 Å². The van der Waals surface area contributed by atoms with Crippen molar-refractivity contribution in [2.45, 2.75) is 43.4 Å². The van der Waals surface area contributed by atoms with Gasteiger partial charge in [-0.05, 0) is 70.5 Å². The monoisotopic (exact) mass is 428 g/mol. The van der Waals surface area contributed by atoms with E-state index in [2.05, 4.69) is 4.98 Å². The van der Waals surface area contributed by atoms with Crippen molar-refractivity contribution in [2.24, 2.45) is 0 Å². The fourth-order valence-electron chi connectivity index (χ4n) is 5.02. The topological polar surface area (TPSA) is 59.1 Å². The molecule has 0 saturated carbocycles. The van der Waals surface area contributed by atoms with Gasteiger partial charge in [-0.1, -0.05) is 18.2 Å². The van der Waals surface area contributed by atoms with Crippen LogP contribution >= 0.6 is 0 Å². The molecule has 1 heterocycles. The van der Waals surface area contributed by atoms with E-state index in [0.29, 0.717) is 34.2 Å². The van der Waals surface area contributed by atoms with E-state index in [1.165, 1.54) is 24.4 Å². The Kier molecular flexibility index (Phi) is 4.55. The fraction of sp³-hybridized carbons (Fsp3) is 0.292. The molecule has 1 aromatic heterocycles. The predicted molar refractivity (Wildman–Crippen MR) is 109 cm³/mol. The lowest BCUT2D eigenvalue weighted by Gasteiger charge is -2.30. The molecule has 0 radical (unpaired) electrons. The van der Waals surface area contributed by atoms with Crippen LogP contribution in [0.4, 0.5) is 23.4 Å². The molecule has 0 aliphatic heterocycles. The van der Waals surface area contributed by atoms with Crippen molar-refractivity contribution in [3.8, 4) is 11.1 Å². The molecule has 2 aliphatic carbocycles. The molecule has 3 nitrogen and oxygen atoms in total. The summed E-state index contributed by atoms with van der Waals surface area (Å²) in [5, 5.41) is 10.5. The standard InChI is InChI=1S/C24H20F4N2O/c25-12-3-4-14-13(7-8-20(26)18(14)10-12)15-5-6-16(17-2-1-9-30-23(17)29)21-19(15)11-24(27,28)22(21)31/h1-6,9-10,13,20,22,31H,7-8,11H2,(H2,29,30)/t13?,20?,22-/m0/s1. The SMILES string of the molecule is Nc1ncccc1-c1ccc(C2CCC(F)c3cc(F)ccc32)c2c1[C@H](O)C(F)(F)C2. The Bertz CT molecular complexity index is 1180. The first-order valence-corrected chi connectivity index (χ1v) is 10.1. The van der Waals surface area contributed by atoms with Gasteiger partial charge in [-0.3, -0.25) is 0 Å². The number of anilines is 1. The van der Waals surface area contributed by atoms with E-state index in [9.17, 15) is 22.7 Å². The second-order valence-electron chi connectivity index (χ2n) is 8.24. The van der Waals surface area contributed by atoms with Crippen molar-refractivity contribution in [3.05, 3.63) is 82.3 Å². The number of fused-ring (bicyclic) bond motifs is 2. The summed E-state index contributed by atoms with van der Waals surface area (Å²) in [6.07, 6.45) is -1.82. The lowest BCUT2D eigenvalue weighted by atomic mass is 9.75. The summed E-state index contributed by atoms with van der Waals surface area (Å²) in [7, 11) is 0. The number of nitrogen functional groups attached to an aromatic ring is 1. The smallest absolute Gasteiger partial charge is 0.281 e. The molecule has 2 unspecified atom stereocenters. The van der Waals surface area contributed by atoms with Crippen LogP contribution in [-0.2, 0) is 6.42 Å². The summed E-state index contributed by atoms with van der Waals surface area (Å²) in [6, 6.07) is 10.7. The number of benzene rings is 2. The number of nitrogens with two attached hydrogens (primary N) is 1. The lowest BCUT2D eigenvalue weighted by Crippen LogP contribution is -2.22. The predicted octanol–water partition coefficient (Wildman–Crippen LogP) is 5.63. The van der Waals surface area contributed by atoms with E-state index in [0.717, 1.165) is 0 Å². The summed E-state index contributed by atoms with van der Waals surface area (Å²) in [4.78, 5) is 4.03. The van der Waals surface area contributed by atoms with Crippen LogP contribution in [0.1, 0.15) is 58.9 Å². The van der Waals surface area contributed by atoms with Crippen LogP contribution in [0.2, 0.25) is 0 Å². The molecule has 0 bridgehead atoms. The number of hydrogen-bond donors (Lipinski definition) is 2. The van der Waals surface area contributed by atoms with Crippen molar-refractivity contribution in [1.82, 2.24) is 4.98 Å². The van der Waals surface area contributed by atoms with Crippen LogP contribution in [0.3, 0.4) is 0 Å². The number of halogens is 4. The van der Waals surface area contributed by atoms with E-state index in [4.69, 9.17) is 5.73 Å². The van der Waals surface area contributed by atoms with Gasteiger partial charge in [0.05, 0.1) is 0 Å². The minimum Gasteiger partial charge on any atom is -0.383 e. The van der Waals surface area contributed by atoms with Gasteiger partial charge in [-0.25, -0.2) is 22.5 Å². The zero-order valence-corrected chi connectivity index (χ0v) is 16.5. The van der Waals surface area contributed by atoms with Gasteiger partial charge in [0.2, 0.25) is 0 Å². The Morgan fingerprint density at radius 2 is 1.77 bits per heavy atom. The zero-order chi connectivity index (χ0) is 21.9. The van der Waals surface area contributed by atoms with Gasteiger partial charge in [-0.2, -0.15) is 0 Å². The Morgan fingerprint density at radius 3 is 2.55 bits per heavy atom. The molecule has 0 fully saturated rings. The van der Waals surface area contributed by atoms with Gasteiger partial charge >= 0.3 is 0 Å². The number of pyridine rings is 1. The fourth-order valence-corrected chi connectivity index (χ4v) is 5.02. The highest BCUT2D eigenvalue weighted by Gasteiger charge is 2.49. The summed E-state index contributed by atoms with van der Waals surface area (Å²) >= 11 is 0. The first-order chi connectivity index (χ1) is 14.8. The van der Waals surface area contributed by atoms with E-state index < -0.39 is 30.4 Å². The van der Waals surface area contributed by atoms with Gasteiger partial charge in [0, 0.05) is 24.1 Å². The van der Waals surface area contributed by atoms with Gasteiger partial charge in [0.25, 0.3) is 5.92 Å². The number of hydrogen-bond acceptors (Lipinski definition) is 3. The Labute approximate surface area is 176 Å². The van der Waals surface area contributed by atoms with Crippen molar-refractivity contribution < 1.29 is 22.7 Å². The molecule has 2 aliphatic rings. The largest absolute Gasteiger partial charge is 0.383 e. The molecular weight excluding hydrogens is 408 g/mol. The van der Waals surface area contributed by atoms with Crippen LogP contribution in [0, 0.1) is 5.82 Å². The number of aliphatic hydroxyl groups is 1. The van der Waals surface area contributed by atoms with E-state index in [1.54, 1.807) is 24.3 Å². The minimum absolute atomic E-state index is 0.133. The van der Waals surface area contributed by atoms with Crippen molar-refractivity contribution in [3.63, 3.8) is 0 Å². The van der Waals surface area contributed by atoms with Crippen molar-refractivity contribution in [2.75, 3.05) is 5.73 Å². The number of alkyl halides is 3. The molecule has 3 N–H and O–H groups in total. The van der Waals surface area contributed by atoms with Gasteiger partial charge in [0.1, 0.15) is 23.9 Å². The first kappa shape index (κ1) is 20.0. The van der Waals surface area contributed by atoms with Gasteiger partial charge in [0.15, 0.2) is 0 Å². The molecule has 3 atom stereocenters. The third-order valence-electron chi connectivity index (χ3n) is 6.45. The van der Waals surface area contributed by atoms with Crippen LogP contribution in [0.25, 0.3) is 11.1 Å². The third kappa shape index (κ3) is 3.10.